The molecule has 1 aliphatic carbocycles. The van der Waals surface area contributed by atoms with Gasteiger partial charge in [0.15, 0.2) is 0 Å². The second-order valence-corrected chi connectivity index (χ2v) is 8.57. The number of halogens is 1. The molecule has 0 aliphatic heterocycles. The first-order valence-electron chi connectivity index (χ1n) is 10.2. The molecule has 4 rings (SSSR count). The van der Waals surface area contributed by atoms with Crippen LogP contribution < -0.4 is 5.32 Å². The number of aryl methyl sites for hydroxylation is 2. The highest BCUT2D eigenvalue weighted by atomic mass is 35.5. The first kappa shape index (κ1) is 19.7. The Kier molecular flexibility index (Phi) is 5.47. The Morgan fingerprint density at radius 2 is 1.38 bits per heavy atom. The molecule has 1 fully saturated rings. The first-order chi connectivity index (χ1) is 14.0. The zero-order valence-corrected chi connectivity index (χ0v) is 17.7. The lowest BCUT2D eigenvalue weighted by molar-refractivity contribution is -0.131. The molecule has 0 unspecified atom stereocenters. The quantitative estimate of drug-likeness (QED) is 0.493. The number of benzene rings is 3. The zero-order chi connectivity index (χ0) is 20.4. The largest absolute Gasteiger partial charge is 0.325 e. The number of amides is 1. The summed E-state index contributed by atoms with van der Waals surface area (Å²) in [5.74, 6) is 0.140. The third kappa shape index (κ3) is 3.70. The van der Waals surface area contributed by atoms with E-state index in [-0.39, 0.29) is 11.8 Å². The predicted molar refractivity (Wildman–Crippen MR) is 121 cm³/mol. The van der Waals surface area contributed by atoms with E-state index in [0.29, 0.717) is 5.02 Å². The van der Waals surface area contributed by atoms with Crippen molar-refractivity contribution in [3.05, 3.63) is 100 Å². The molecule has 3 aromatic rings. The van der Waals surface area contributed by atoms with Crippen LogP contribution in [0.4, 0.5) is 5.69 Å². The lowest BCUT2D eigenvalue weighted by Gasteiger charge is -2.47. The Hall–Kier alpha value is -2.58. The van der Waals surface area contributed by atoms with Gasteiger partial charge in [0.2, 0.25) is 5.91 Å². The molecule has 0 atom stereocenters. The van der Waals surface area contributed by atoms with Crippen LogP contribution in [0.3, 0.4) is 0 Å². The molecule has 148 valence electrons. The number of carbonyl (C=O) groups is 1. The average Bonchev–Trinajstić information content (AvgIpc) is 2.68. The van der Waals surface area contributed by atoms with Gasteiger partial charge >= 0.3 is 0 Å². The molecule has 0 bridgehead atoms. The number of hydrogen-bond acceptors (Lipinski definition) is 1. The topological polar surface area (TPSA) is 29.1 Å². The van der Waals surface area contributed by atoms with Gasteiger partial charge in [-0.25, -0.2) is 0 Å². The van der Waals surface area contributed by atoms with Crippen LogP contribution in [0.2, 0.25) is 5.02 Å². The molecular weight excluding hydrogens is 378 g/mol. The summed E-state index contributed by atoms with van der Waals surface area (Å²) in [7, 11) is 0. The summed E-state index contributed by atoms with van der Waals surface area (Å²) in [5.41, 5.74) is 4.81. The van der Waals surface area contributed by atoms with Crippen LogP contribution in [-0.4, -0.2) is 5.91 Å². The molecule has 3 aromatic carbocycles. The summed E-state index contributed by atoms with van der Waals surface area (Å²) >= 11 is 6.18. The molecule has 0 aromatic heterocycles. The Morgan fingerprint density at radius 3 is 1.79 bits per heavy atom. The minimum atomic E-state index is -0.443. The summed E-state index contributed by atoms with van der Waals surface area (Å²) in [4.78, 5) is 13.8. The molecule has 1 aliphatic rings. The summed E-state index contributed by atoms with van der Waals surface area (Å²) < 4.78 is 0. The minimum absolute atomic E-state index is 0.0339. The average molecular weight is 404 g/mol. The highest BCUT2D eigenvalue weighted by Crippen LogP contribution is 2.55. The van der Waals surface area contributed by atoms with E-state index in [1.54, 1.807) is 0 Å². The maximum absolute atomic E-state index is 13.8. The summed E-state index contributed by atoms with van der Waals surface area (Å²) in [6, 6.07) is 24.7. The molecule has 1 saturated carbocycles. The van der Waals surface area contributed by atoms with Crippen molar-refractivity contribution in [3.63, 3.8) is 0 Å². The molecule has 3 heteroatoms. The van der Waals surface area contributed by atoms with Crippen molar-refractivity contribution < 1.29 is 4.79 Å². The third-order valence-corrected chi connectivity index (χ3v) is 6.47. The highest BCUT2D eigenvalue weighted by Gasteiger charge is 2.51. The SMILES string of the molecule is Cc1cc(Cl)cc(C)c1NC(=O)C1(C(c2ccccc2)c2ccccc2)CCC1. The van der Waals surface area contributed by atoms with Crippen LogP contribution in [0.25, 0.3) is 0 Å². The van der Waals surface area contributed by atoms with E-state index in [9.17, 15) is 4.79 Å². The number of hydrogen-bond donors (Lipinski definition) is 1. The van der Waals surface area contributed by atoms with Gasteiger partial charge in [0.1, 0.15) is 0 Å². The van der Waals surface area contributed by atoms with Gasteiger partial charge in [0, 0.05) is 16.6 Å². The molecule has 1 N–H and O–H groups in total. The van der Waals surface area contributed by atoms with E-state index in [1.165, 1.54) is 11.1 Å². The molecular formula is C26H26ClNO. The molecule has 1 amide bonds. The normalized spacial score (nSPS) is 15.0. The minimum Gasteiger partial charge on any atom is -0.325 e. The lowest BCUT2D eigenvalue weighted by Crippen LogP contribution is -2.47. The summed E-state index contributed by atoms with van der Waals surface area (Å²) in [6.07, 6.45) is 2.85. The summed E-state index contributed by atoms with van der Waals surface area (Å²) in [6.45, 7) is 3.99. The monoisotopic (exact) mass is 403 g/mol. The van der Waals surface area contributed by atoms with Gasteiger partial charge in [0.05, 0.1) is 5.41 Å². The predicted octanol–water partition coefficient (Wildman–Crippen LogP) is 6.90. The van der Waals surface area contributed by atoms with Crippen molar-refractivity contribution in [3.8, 4) is 0 Å². The smallest absolute Gasteiger partial charge is 0.231 e. The number of rotatable bonds is 5. The molecule has 0 spiro atoms. The number of carbonyl (C=O) groups excluding carboxylic acids is 1. The van der Waals surface area contributed by atoms with E-state index in [4.69, 9.17) is 11.6 Å². The fourth-order valence-electron chi connectivity index (χ4n) is 4.67. The van der Waals surface area contributed by atoms with Crippen molar-refractivity contribution in [1.29, 1.82) is 0 Å². The maximum atomic E-state index is 13.8. The Morgan fingerprint density at radius 1 is 0.897 bits per heavy atom. The van der Waals surface area contributed by atoms with Crippen molar-refractivity contribution in [2.75, 3.05) is 5.32 Å². The summed E-state index contributed by atoms with van der Waals surface area (Å²) in [5, 5.41) is 3.97. The van der Waals surface area contributed by atoms with Crippen molar-refractivity contribution in [2.24, 2.45) is 5.41 Å². The van der Waals surface area contributed by atoms with Crippen molar-refractivity contribution in [2.45, 2.75) is 39.0 Å². The fourth-order valence-corrected chi connectivity index (χ4v) is 5.00. The first-order valence-corrected chi connectivity index (χ1v) is 10.6. The second kappa shape index (κ2) is 8.04. The Bertz CT molecular complexity index is 947. The Labute approximate surface area is 177 Å². The zero-order valence-electron chi connectivity index (χ0n) is 16.9. The highest BCUT2D eigenvalue weighted by molar-refractivity contribution is 6.30. The molecule has 0 radical (unpaired) electrons. The van der Waals surface area contributed by atoms with Crippen molar-refractivity contribution in [1.82, 2.24) is 0 Å². The van der Waals surface area contributed by atoms with Crippen LogP contribution in [0.15, 0.2) is 72.8 Å². The van der Waals surface area contributed by atoms with Gasteiger partial charge in [-0.15, -0.1) is 0 Å². The molecule has 0 heterocycles. The van der Waals surface area contributed by atoms with Gasteiger partial charge in [0.25, 0.3) is 0 Å². The van der Waals surface area contributed by atoms with Gasteiger partial charge in [-0.05, 0) is 61.1 Å². The number of nitrogens with one attached hydrogen (secondary N) is 1. The standard InChI is InChI=1S/C26H26ClNO/c1-18-16-22(27)17-19(2)24(18)28-25(29)26(14-9-15-26)23(20-10-5-3-6-11-20)21-12-7-4-8-13-21/h3-8,10-13,16-17,23H,9,14-15H2,1-2H3,(H,28,29). The Balaban J connectivity index is 1.76. The third-order valence-electron chi connectivity index (χ3n) is 6.25. The maximum Gasteiger partial charge on any atom is 0.231 e. The van der Waals surface area contributed by atoms with Gasteiger partial charge < -0.3 is 5.32 Å². The van der Waals surface area contributed by atoms with E-state index in [2.05, 4.69) is 53.8 Å². The fraction of sp³-hybridized carbons (Fsp3) is 0.269. The molecule has 0 saturated heterocycles. The van der Waals surface area contributed by atoms with Crippen LogP contribution in [-0.2, 0) is 4.79 Å². The molecule has 2 nitrogen and oxygen atoms in total. The van der Waals surface area contributed by atoms with Crippen LogP contribution >= 0.6 is 11.6 Å². The molecule has 29 heavy (non-hydrogen) atoms. The van der Waals surface area contributed by atoms with Gasteiger partial charge in [-0.2, -0.15) is 0 Å². The van der Waals surface area contributed by atoms with Crippen LogP contribution in [0.5, 0.6) is 0 Å². The second-order valence-electron chi connectivity index (χ2n) is 8.13. The lowest BCUT2D eigenvalue weighted by atomic mass is 9.57. The van der Waals surface area contributed by atoms with E-state index < -0.39 is 5.41 Å². The van der Waals surface area contributed by atoms with Gasteiger partial charge in [-0.3, -0.25) is 4.79 Å². The van der Waals surface area contributed by atoms with E-state index in [1.807, 2.05) is 38.1 Å². The van der Waals surface area contributed by atoms with Gasteiger partial charge in [-0.1, -0.05) is 78.7 Å². The van der Waals surface area contributed by atoms with Crippen LogP contribution in [0.1, 0.15) is 47.4 Å². The number of anilines is 1. The van der Waals surface area contributed by atoms with E-state index >= 15 is 0 Å². The van der Waals surface area contributed by atoms with Crippen molar-refractivity contribution >= 4 is 23.2 Å². The van der Waals surface area contributed by atoms with Crippen LogP contribution in [0, 0.1) is 19.3 Å². The van der Waals surface area contributed by atoms with E-state index in [0.717, 1.165) is 36.1 Å².